The van der Waals surface area contributed by atoms with Crippen molar-refractivity contribution in [3.63, 3.8) is 0 Å². The number of carbonyl (C=O) groups is 2. The number of carbonyl (C=O) groups excluding carboxylic acids is 1. The van der Waals surface area contributed by atoms with E-state index in [0.717, 1.165) is 4.57 Å². The van der Waals surface area contributed by atoms with E-state index >= 15 is 0 Å². The van der Waals surface area contributed by atoms with Gasteiger partial charge in [-0.25, -0.2) is 14.2 Å². The molecule has 3 N–H and O–H groups in total. The zero-order valence-corrected chi connectivity index (χ0v) is 16.2. The lowest BCUT2D eigenvalue weighted by Gasteiger charge is -2.13. The minimum absolute atomic E-state index is 0.201. The summed E-state index contributed by atoms with van der Waals surface area (Å²) in [5.74, 6) is -1.75. The molecule has 30 heavy (non-hydrogen) atoms. The second-order valence-electron chi connectivity index (χ2n) is 6.42. The van der Waals surface area contributed by atoms with Crippen molar-refractivity contribution in [3.05, 3.63) is 97.3 Å². The quantitative estimate of drug-likeness (QED) is 0.457. The highest BCUT2D eigenvalue weighted by Crippen LogP contribution is 2.20. The highest BCUT2D eigenvalue weighted by molar-refractivity contribution is 7.10. The van der Waals surface area contributed by atoms with E-state index in [0.29, 0.717) is 15.8 Å². The van der Waals surface area contributed by atoms with Crippen LogP contribution in [0.5, 0.6) is 0 Å². The lowest BCUT2D eigenvalue weighted by molar-refractivity contribution is -0.139. The number of benzene rings is 2. The first-order valence-electron chi connectivity index (χ1n) is 8.87. The number of hydrogen-bond acceptors (Lipinski definition) is 5. The molecule has 4 rings (SSSR count). The Morgan fingerprint density at radius 2 is 1.73 bits per heavy atom. The van der Waals surface area contributed by atoms with Crippen LogP contribution in [0.1, 0.15) is 21.3 Å². The summed E-state index contributed by atoms with van der Waals surface area (Å²) in [5, 5.41) is 14.0. The van der Waals surface area contributed by atoms with Crippen LogP contribution in [0.25, 0.3) is 16.6 Å². The Bertz CT molecular complexity index is 1350. The lowest BCUT2D eigenvalue weighted by Crippen LogP contribution is -2.34. The van der Waals surface area contributed by atoms with Crippen molar-refractivity contribution in [3.8, 4) is 5.69 Å². The van der Waals surface area contributed by atoms with Gasteiger partial charge in [-0.1, -0.05) is 18.2 Å². The number of hydrogen-bond donors (Lipinski definition) is 3. The molecule has 0 aliphatic heterocycles. The van der Waals surface area contributed by atoms with E-state index in [2.05, 4.69) is 10.3 Å². The van der Waals surface area contributed by atoms with Crippen LogP contribution in [0.4, 0.5) is 0 Å². The van der Waals surface area contributed by atoms with Gasteiger partial charge >= 0.3 is 11.7 Å². The number of nitrogens with one attached hydrogen (secondary N) is 2. The zero-order valence-electron chi connectivity index (χ0n) is 15.4. The summed E-state index contributed by atoms with van der Waals surface area (Å²) >= 11 is 1.23. The largest absolute Gasteiger partial charge is 0.479 e. The summed E-state index contributed by atoms with van der Waals surface area (Å²) in [4.78, 5) is 52.3. The van der Waals surface area contributed by atoms with Gasteiger partial charge in [-0.2, -0.15) is 0 Å². The number of aliphatic carboxylic acids is 1. The van der Waals surface area contributed by atoms with Crippen molar-refractivity contribution in [1.29, 1.82) is 0 Å². The van der Waals surface area contributed by atoms with Crippen LogP contribution in [0, 0.1) is 0 Å². The van der Waals surface area contributed by atoms with Gasteiger partial charge in [0.2, 0.25) is 0 Å². The Morgan fingerprint density at radius 3 is 2.40 bits per heavy atom. The number of nitrogens with zero attached hydrogens (tertiary/aromatic N) is 1. The summed E-state index contributed by atoms with van der Waals surface area (Å²) in [7, 11) is 0. The molecule has 0 aliphatic rings. The highest BCUT2D eigenvalue weighted by Gasteiger charge is 2.23. The Balaban J connectivity index is 1.64. The van der Waals surface area contributed by atoms with Crippen molar-refractivity contribution in [2.24, 2.45) is 0 Å². The third-order valence-corrected chi connectivity index (χ3v) is 5.48. The molecule has 0 fully saturated rings. The maximum absolute atomic E-state index is 12.7. The van der Waals surface area contributed by atoms with Crippen molar-refractivity contribution in [2.45, 2.75) is 6.04 Å². The first-order chi connectivity index (χ1) is 14.5. The molecule has 2 aromatic heterocycles. The second-order valence-corrected chi connectivity index (χ2v) is 7.40. The standard InChI is InChI=1S/C21H15N3O5S/c25-18(23-17(20(27)28)16-6-3-11-30-16)12-7-9-13(10-8-12)24-19(26)14-4-1-2-5-15(14)22-21(24)29/h1-11,17H,(H,22,29)(H,23,25)(H,27,28). The third-order valence-electron chi connectivity index (χ3n) is 4.54. The molecule has 9 heteroatoms. The van der Waals surface area contributed by atoms with Crippen LogP contribution in [0.3, 0.4) is 0 Å². The van der Waals surface area contributed by atoms with E-state index in [1.807, 2.05) is 0 Å². The van der Waals surface area contributed by atoms with Gasteiger partial charge in [-0.15, -0.1) is 11.3 Å². The maximum atomic E-state index is 12.7. The van der Waals surface area contributed by atoms with Gasteiger partial charge in [0.15, 0.2) is 6.04 Å². The van der Waals surface area contributed by atoms with Crippen molar-refractivity contribution in [1.82, 2.24) is 14.9 Å². The van der Waals surface area contributed by atoms with E-state index in [1.54, 1.807) is 41.8 Å². The monoisotopic (exact) mass is 421 g/mol. The number of fused-ring (bicyclic) bond motifs is 1. The topological polar surface area (TPSA) is 121 Å². The van der Waals surface area contributed by atoms with Crippen LogP contribution < -0.4 is 16.6 Å². The van der Waals surface area contributed by atoms with Crippen LogP contribution >= 0.6 is 11.3 Å². The summed E-state index contributed by atoms with van der Waals surface area (Å²) in [5.41, 5.74) is -0.147. The molecule has 0 bridgehead atoms. The van der Waals surface area contributed by atoms with E-state index in [4.69, 9.17) is 0 Å². The van der Waals surface area contributed by atoms with Gasteiger partial charge in [0.05, 0.1) is 16.6 Å². The molecule has 4 aromatic rings. The average Bonchev–Trinajstić information content (AvgIpc) is 3.26. The Labute approximate surface area is 173 Å². The molecule has 8 nitrogen and oxygen atoms in total. The summed E-state index contributed by atoms with van der Waals surface area (Å²) in [6.45, 7) is 0. The van der Waals surface area contributed by atoms with Gasteiger partial charge in [0.1, 0.15) is 0 Å². The third kappa shape index (κ3) is 3.53. The number of carboxylic acids is 1. The molecular weight excluding hydrogens is 406 g/mol. The molecule has 0 saturated heterocycles. The van der Waals surface area contributed by atoms with E-state index in [1.165, 1.54) is 35.6 Å². The summed E-state index contributed by atoms with van der Waals surface area (Å²) < 4.78 is 0.982. The molecule has 0 aliphatic carbocycles. The van der Waals surface area contributed by atoms with Crippen LogP contribution in [0.2, 0.25) is 0 Å². The number of aromatic amines is 1. The summed E-state index contributed by atoms with van der Waals surface area (Å²) in [6, 6.07) is 14.6. The van der Waals surface area contributed by atoms with Gasteiger partial charge in [-0.3, -0.25) is 9.59 Å². The Morgan fingerprint density at radius 1 is 1.00 bits per heavy atom. The van der Waals surface area contributed by atoms with E-state index < -0.39 is 29.2 Å². The van der Waals surface area contributed by atoms with Crippen molar-refractivity contribution in [2.75, 3.05) is 0 Å². The lowest BCUT2D eigenvalue weighted by atomic mass is 10.1. The fourth-order valence-electron chi connectivity index (χ4n) is 3.08. The molecule has 0 radical (unpaired) electrons. The SMILES string of the molecule is O=C(NC(C(=O)O)c1cccs1)c1ccc(-n2c(=O)[nH]c3ccccc3c2=O)cc1. The Hall–Kier alpha value is -3.98. The summed E-state index contributed by atoms with van der Waals surface area (Å²) in [6.07, 6.45) is 0. The number of H-pyrrole nitrogens is 1. The average molecular weight is 421 g/mol. The number of rotatable bonds is 5. The van der Waals surface area contributed by atoms with E-state index in [-0.39, 0.29) is 11.3 Å². The number of thiophene rings is 1. The second kappa shape index (κ2) is 7.80. The normalized spacial score (nSPS) is 11.9. The fraction of sp³-hybridized carbons (Fsp3) is 0.0476. The number of carboxylic acid groups (broad SMARTS) is 1. The minimum Gasteiger partial charge on any atom is -0.479 e. The molecule has 0 spiro atoms. The molecule has 1 amide bonds. The molecule has 1 atom stereocenters. The fourth-order valence-corrected chi connectivity index (χ4v) is 3.85. The molecule has 0 saturated carbocycles. The first kappa shape index (κ1) is 19.3. The predicted octanol–water partition coefficient (Wildman–Crippen LogP) is 2.30. The Kier molecular flexibility index (Phi) is 5.03. The molecular formula is C21H15N3O5S. The van der Waals surface area contributed by atoms with Crippen LogP contribution in [-0.2, 0) is 4.79 Å². The number of aromatic nitrogens is 2. The minimum atomic E-state index is -1.17. The predicted molar refractivity (Wildman–Crippen MR) is 112 cm³/mol. The maximum Gasteiger partial charge on any atom is 0.333 e. The van der Waals surface area contributed by atoms with E-state index in [9.17, 15) is 24.3 Å². The first-order valence-corrected chi connectivity index (χ1v) is 9.75. The van der Waals surface area contributed by atoms with Gasteiger partial charge in [-0.05, 0) is 47.8 Å². The van der Waals surface area contributed by atoms with Gasteiger partial charge in [0, 0.05) is 10.4 Å². The molecule has 2 aromatic carbocycles. The molecule has 1 unspecified atom stereocenters. The zero-order chi connectivity index (χ0) is 21.3. The van der Waals surface area contributed by atoms with Crippen LogP contribution in [0.15, 0.2) is 75.6 Å². The number of para-hydroxylation sites is 1. The molecule has 2 heterocycles. The molecule has 150 valence electrons. The van der Waals surface area contributed by atoms with Crippen molar-refractivity contribution < 1.29 is 14.7 Å². The smallest absolute Gasteiger partial charge is 0.333 e. The van der Waals surface area contributed by atoms with Crippen molar-refractivity contribution >= 4 is 34.1 Å². The number of amides is 1. The van der Waals surface area contributed by atoms with Gasteiger partial charge < -0.3 is 15.4 Å². The van der Waals surface area contributed by atoms with Gasteiger partial charge in [0.25, 0.3) is 11.5 Å². The van der Waals surface area contributed by atoms with Crippen LogP contribution in [-0.4, -0.2) is 26.5 Å². The highest BCUT2D eigenvalue weighted by atomic mass is 32.1.